The fraction of sp³-hybridized carbons (Fsp3) is 1.00. The van der Waals surface area contributed by atoms with E-state index in [1.807, 2.05) is 0 Å². The number of nitrogens with two attached hydrogens (primary N) is 1. The normalized spacial score (nSPS) is 5.25. The second kappa shape index (κ2) is 34.6. The van der Waals surface area contributed by atoms with E-state index in [0.29, 0.717) is 0 Å². The topological polar surface area (TPSA) is 35.2 Å². The summed E-state index contributed by atoms with van der Waals surface area (Å²) >= 11 is 4.96. The van der Waals surface area contributed by atoms with Crippen molar-refractivity contribution >= 4 is 51.2 Å². The minimum atomic E-state index is 0.0233. The molecule has 2 nitrogen and oxygen atoms in total. The summed E-state index contributed by atoms with van der Waals surface area (Å²) in [4.78, 5) is 0. The monoisotopic (exact) mass is 539 g/mol. The van der Waals surface area contributed by atoms with Crippen LogP contribution < -0.4 is 5.73 Å². The zero-order chi connectivity index (χ0) is 7.41. The summed E-state index contributed by atoms with van der Waals surface area (Å²) in [5.41, 5.74) is 4.50. The molecule has 52 valence electrons. The third-order valence-corrected chi connectivity index (χ3v) is 0. The maximum absolute atomic E-state index is 4.50. The molecule has 2 N–H and O–H groups in total. The van der Waals surface area contributed by atoms with Crippen molar-refractivity contribution in [2.75, 3.05) is 21.3 Å². The summed E-state index contributed by atoms with van der Waals surface area (Å²) in [7, 11) is 4.75. The standard InChI is InChI=1S/C2H6O.CH5N.2HI.Pb/c1-3-2;1-2;;;/h1-2H3;2H2,1H3;2*1H;/q;;;;+2/p-2. The predicted octanol–water partition coefficient (Wildman–Crippen LogP) is 1.23. The summed E-state index contributed by atoms with van der Waals surface area (Å²) in [6.07, 6.45) is 0. The van der Waals surface area contributed by atoms with Gasteiger partial charge in [0.15, 0.2) is 0 Å². The van der Waals surface area contributed by atoms with Crippen LogP contribution in [-0.4, -0.2) is 36.9 Å². The Balaban J connectivity index is -0.0000000483. The number of rotatable bonds is 0. The predicted molar refractivity (Wildman–Crippen MR) is 56.8 cm³/mol. The molecular formula is C3H11I2NOPb. The van der Waals surface area contributed by atoms with Gasteiger partial charge < -0.3 is 10.5 Å². The Labute approximate surface area is 81.4 Å². The van der Waals surface area contributed by atoms with Gasteiger partial charge in [-0.25, -0.2) is 0 Å². The molecule has 0 fully saturated rings. The summed E-state index contributed by atoms with van der Waals surface area (Å²) in [5, 5.41) is 0. The maximum atomic E-state index is 4.50. The first kappa shape index (κ1) is 16.7. The average molecular weight is 538 g/mol. The molecule has 2 radical (unpaired) electrons. The first-order chi connectivity index (χ1) is 3.83. The van der Waals surface area contributed by atoms with Gasteiger partial charge in [-0.1, -0.05) is 0 Å². The number of methoxy groups -OCH3 is 1. The number of halogens is 2. The zero-order valence-electron chi connectivity index (χ0n) is 5.24. The van der Waals surface area contributed by atoms with Crippen molar-refractivity contribution in [1.82, 2.24) is 0 Å². The first-order valence-corrected chi connectivity index (χ1v) is 23.6. The Morgan fingerprint density at radius 1 is 1.25 bits per heavy atom. The van der Waals surface area contributed by atoms with Crippen molar-refractivity contribution in [3.8, 4) is 0 Å². The van der Waals surface area contributed by atoms with Gasteiger partial charge in [-0.05, 0) is 7.05 Å². The molecule has 0 heterocycles. The van der Waals surface area contributed by atoms with Crippen molar-refractivity contribution in [1.29, 1.82) is 0 Å². The number of hydrogen-bond acceptors (Lipinski definition) is 2. The van der Waals surface area contributed by atoms with E-state index in [9.17, 15) is 0 Å². The van der Waals surface area contributed by atoms with Crippen LogP contribution in [0.4, 0.5) is 0 Å². The van der Waals surface area contributed by atoms with Crippen LogP contribution in [0, 0.1) is 0 Å². The van der Waals surface area contributed by atoms with E-state index in [1.54, 1.807) is 14.2 Å². The van der Waals surface area contributed by atoms with E-state index in [1.165, 1.54) is 7.05 Å². The second-order valence-electron chi connectivity index (χ2n) is 0.480. The van der Waals surface area contributed by atoms with Gasteiger partial charge >= 0.3 is 51.2 Å². The van der Waals surface area contributed by atoms with Crippen LogP contribution in [0.25, 0.3) is 0 Å². The number of hydrogen-bond donors (Lipinski definition) is 1. The summed E-state index contributed by atoms with van der Waals surface area (Å²) < 4.78 is 4.25. The third kappa shape index (κ3) is 83.5. The van der Waals surface area contributed by atoms with Crippen molar-refractivity contribution in [2.24, 2.45) is 5.73 Å². The Kier molecular flexibility index (Phi) is 72.4. The zero-order valence-corrected chi connectivity index (χ0v) is 13.4. The van der Waals surface area contributed by atoms with Crippen LogP contribution in [-0.2, 0) is 4.74 Å². The van der Waals surface area contributed by atoms with Crippen molar-refractivity contribution in [3.63, 3.8) is 0 Å². The first-order valence-electron chi connectivity index (χ1n) is 1.77. The van der Waals surface area contributed by atoms with Gasteiger partial charge in [0.2, 0.25) is 0 Å². The summed E-state index contributed by atoms with van der Waals surface area (Å²) in [6.45, 7) is 0. The van der Waals surface area contributed by atoms with Crippen molar-refractivity contribution in [2.45, 2.75) is 0 Å². The van der Waals surface area contributed by atoms with Crippen molar-refractivity contribution < 1.29 is 4.74 Å². The van der Waals surface area contributed by atoms with Gasteiger partial charge in [0.1, 0.15) is 0 Å². The molecule has 8 heavy (non-hydrogen) atoms. The summed E-state index contributed by atoms with van der Waals surface area (Å²) in [6, 6.07) is 0. The molecule has 0 spiro atoms. The second-order valence-corrected chi connectivity index (χ2v) is 28.6. The third-order valence-electron chi connectivity index (χ3n) is 0. The van der Waals surface area contributed by atoms with Gasteiger partial charge in [0, 0.05) is 14.2 Å². The van der Waals surface area contributed by atoms with Crippen molar-refractivity contribution in [3.05, 3.63) is 0 Å². The van der Waals surface area contributed by atoms with E-state index in [-0.39, 0.29) is 15.6 Å². The van der Waals surface area contributed by atoms with Gasteiger partial charge in [-0.3, -0.25) is 0 Å². The molecule has 0 unspecified atom stereocenters. The molecule has 0 rings (SSSR count). The van der Waals surface area contributed by atoms with Gasteiger partial charge in [0.25, 0.3) is 0 Å². The quantitative estimate of drug-likeness (QED) is 0.373. The van der Waals surface area contributed by atoms with E-state index >= 15 is 0 Å². The molecule has 0 aliphatic rings. The van der Waals surface area contributed by atoms with Crippen LogP contribution in [0.1, 0.15) is 0 Å². The number of ether oxygens (including phenoxy) is 1. The molecule has 0 atom stereocenters. The van der Waals surface area contributed by atoms with Gasteiger partial charge in [-0.2, -0.15) is 0 Å². The molecule has 0 aliphatic heterocycles. The van der Waals surface area contributed by atoms with Crippen LogP contribution in [0.3, 0.4) is 0 Å². The molecule has 0 aromatic carbocycles. The van der Waals surface area contributed by atoms with E-state index < -0.39 is 0 Å². The van der Waals surface area contributed by atoms with Gasteiger partial charge in [0.05, 0.1) is 0 Å². The molecule has 0 aromatic heterocycles. The minimum absolute atomic E-state index is 0.0233. The summed E-state index contributed by atoms with van der Waals surface area (Å²) in [5.74, 6) is 0. The fourth-order valence-electron chi connectivity index (χ4n) is 0. The van der Waals surface area contributed by atoms with E-state index in [2.05, 4.69) is 46.0 Å². The molecule has 0 amide bonds. The average Bonchev–Trinajstić information content (AvgIpc) is 1.75. The Bertz CT molecular complexity index is 19.2. The van der Waals surface area contributed by atoms with Gasteiger partial charge in [-0.15, -0.1) is 0 Å². The van der Waals surface area contributed by atoms with Crippen LogP contribution >= 0.6 is 35.5 Å². The SMILES string of the molecule is CN.COC.[I][Pb][I]. The Morgan fingerprint density at radius 3 is 1.25 bits per heavy atom. The van der Waals surface area contributed by atoms with Crippen LogP contribution in [0.5, 0.6) is 0 Å². The van der Waals surface area contributed by atoms with Crippen LogP contribution in [0.2, 0.25) is 0 Å². The fourth-order valence-corrected chi connectivity index (χ4v) is 0. The molecule has 0 saturated heterocycles. The Hall–Kier alpha value is 2.30. The van der Waals surface area contributed by atoms with E-state index in [4.69, 9.17) is 0 Å². The molecule has 5 heteroatoms. The molecule has 0 aromatic rings. The molecule has 0 bridgehead atoms. The molecule has 0 aliphatic carbocycles. The molecular weight excluding hydrogens is 527 g/mol. The van der Waals surface area contributed by atoms with E-state index in [0.717, 1.165) is 0 Å². The molecule has 0 saturated carbocycles. The Morgan fingerprint density at radius 2 is 1.25 bits per heavy atom. The van der Waals surface area contributed by atoms with Crippen LogP contribution in [0.15, 0.2) is 0 Å².